The number of carbonyl (C=O) groups is 1. The van der Waals surface area contributed by atoms with Crippen molar-refractivity contribution in [2.75, 3.05) is 12.9 Å². The Morgan fingerprint density at radius 3 is 2.06 bits per heavy atom. The lowest BCUT2D eigenvalue weighted by Gasteiger charge is -2.16. The smallest absolute Gasteiger partial charge is 0.175 e. The average molecular weight is 270 g/mol. The van der Waals surface area contributed by atoms with Crippen molar-refractivity contribution >= 4 is 15.6 Å². The maximum atomic E-state index is 11.6. The van der Waals surface area contributed by atoms with Gasteiger partial charge in [-0.2, -0.15) is 0 Å². The summed E-state index contributed by atoms with van der Waals surface area (Å²) in [6, 6.07) is 6.02. The van der Waals surface area contributed by atoms with Gasteiger partial charge in [-0.15, -0.1) is 0 Å². The minimum absolute atomic E-state index is 0.00492. The molecule has 0 fully saturated rings. The van der Waals surface area contributed by atoms with E-state index in [4.69, 9.17) is 4.74 Å². The Balaban J connectivity index is 2.69. The summed E-state index contributed by atoms with van der Waals surface area (Å²) in [5.74, 6) is 0.481. The maximum Gasteiger partial charge on any atom is 0.175 e. The number of hydrogen-bond acceptors (Lipinski definition) is 4. The summed E-state index contributed by atoms with van der Waals surface area (Å²) in [7, 11) is -3.20. The quantitative estimate of drug-likeness (QED) is 0.840. The van der Waals surface area contributed by atoms with Gasteiger partial charge < -0.3 is 4.74 Å². The molecule has 0 amide bonds. The molecule has 4 nitrogen and oxygen atoms in total. The molecule has 0 spiro atoms. The lowest BCUT2D eigenvalue weighted by molar-refractivity contribution is -0.128. The molecule has 0 aliphatic carbocycles. The highest BCUT2D eigenvalue weighted by Crippen LogP contribution is 2.18. The molecular formula is C13H18O4S. The minimum atomic E-state index is -3.20. The van der Waals surface area contributed by atoms with Crippen LogP contribution in [-0.4, -0.2) is 27.1 Å². The summed E-state index contributed by atoms with van der Waals surface area (Å²) in [5, 5.41) is 0. The standard InChI is InChI=1S/C13H18O4S/c1-13(2,3)12(14)9-17-10-5-7-11(8-6-10)18(4,15)16/h5-8H,9H2,1-4H3. The molecule has 0 saturated carbocycles. The van der Waals surface area contributed by atoms with Crippen molar-refractivity contribution in [1.29, 1.82) is 0 Å². The molecule has 5 heteroatoms. The molecule has 0 saturated heterocycles. The lowest BCUT2D eigenvalue weighted by atomic mass is 9.91. The van der Waals surface area contributed by atoms with Crippen molar-refractivity contribution < 1.29 is 17.9 Å². The minimum Gasteiger partial charge on any atom is -0.486 e. The van der Waals surface area contributed by atoms with Crippen LogP contribution in [0.2, 0.25) is 0 Å². The molecule has 0 atom stereocenters. The van der Waals surface area contributed by atoms with Gasteiger partial charge in [-0.3, -0.25) is 4.79 Å². The summed E-state index contributed by atoms with van der Waals surface area (Å²) in [4.78, 5) is 11.9. The topological polar surface area (TPSA) is 60.4 Å². The Kier molecular flexibility index (Phi) is 4.16. The first kappa shape index (κ1) is 14.7. The van der Waals surface area contributed by atoms with E-state index >= 15 is 0 Å². The summed E-state index contributed by atoms with van der Waals surface area (Å²) in [6.07, 6.45) is 1.14. The largest absolute Gasteiger partial charge is 0.486 e. The highest BCUT2D eigenvalue weighted by molar-refractivity contribution is 7.90. The van der Waals surface area contributed by atoms with E-state index in [2.05, 4.69) is 0 Å². The SMILES string of the molecule is CC(C)(C)C(=O)COc1ccc(S(C)(=O)=O)cc1. The van der Waals surface area contributed by atoms with Crippen LogP contribution < -0.4 is 4.74 Å². The Morgan fingerprint density at radius 1 is 1.17 bits per heavy atom. The van der Waals surface area contributed by atoms with Gasteiger partial charge in [-0.05, 0) is 24.3 Å². The van der Waals surface area contributed by atoms with Crippen LogP contribution in [0.4, 0.5) is 0 Å². The second kappa shape index (κ2) is 5.10. The third kappa shape index (κ3) is 4.14. The van der Waals surface area contributed by atoms with Crippen molar-refractivity contribution in [3.63, 3.8) is 0 Å². The first-order valence-electron chi connectivity index (χ1n) is 5.57. The molecule has 18 heavy (non-hydrogen) atoms. The van der Waals surface area contributed by atoms with Crippen molar-refractivity contribution in [2.45, 2.75) is 25.7 Å². The molecule has 0 aliphatic rings. The first-order valence-corrected chi connectivity index (χ1v) is 7.46. The van der Waals surface area contributed by atoms with Crippen molar-refractivity contribution in [1.82, 2.24) is 0 Å². The first-order chi connectivity index (χ1) is 8.10. The fourth-order valence-electron chi connectivity index (χ4n) is 1.15. The number of benzene rings is 1. The Morgan fingerprint density at radius 2 is 1.67 bits per heavy atom. The van der Waals surface area contributed by atoms with Crippen molar-refractivity contribution in [3.8, 4) is 5.75 Å². The zero-order chi connectivity index (χ0) is 14.0. The van der Waals surface area contributed by atoms with E-state index in [-0.39, 0.29) is 17.3 Å². The Labute approximate surface area is 108 Å². The van der Waals surface area contributed by atoms with E-state index < -0.39 is 15.3 Å². The highest BCUT2D eigenvalue weighted by atomic mass is 32.2. The molecule has 0 N–H and O–H groups in total. The van der Waals surface area contributed by atoms with Gasteiger partial charge in [0.2, 0.25) is 0 Å². The summed E-state index contributed by atoms with van der Waals surface area (Å²) < 4.78 is 27.8. The average Bonchev–Trinajstić information content (AvgIpc) is 2.24. The van der Waals surface area contributed by atoms with Gasteiger partial charge in [0.25, 0.3) is 0 Å². The van der Waals surface area contributed by atoms with Crippen LogP contribution >= 0.6 is 0 Å². The molecule has 0 unspecified atom stereocenters. The summed E-state index contributed by atoms with van der Waals surface area (Å²) in [6.45, 7) is 5.46. The van der Waals surface area contributed by atoms with Gasteiger partial charge in [-0.1, -0.05) is 20.8 Å². The predicted molar refractivity (Wildman–Crippen MR) is 69.5 cm³/mol. The van der Waals surface area contributed by atoms with E-state index in [9.17, 15) is 13.2 Å². The van der Waals surface area contributed by atoms with Gasteiger partial charge >= 0.3 is 0 Å². The second-order valence-electron chi connectivity index (χ2n) is 5.21. The molecule has 1 aromatic rings. The van der Waals surface area contributed by atoms with Gasteiger partial charge in [-0.25, -0.2) is 8.42 Å². The molecule has 0 aromatic heterocycles. The molecular weight excluding hydrogens is 252 g/mol. The third-order valence-corrected chi connectivity index (χ3v) is 3.59. The van der Waals surface area contributed by atoms with E-state index in [1.165, 1.54) is 12.1 Å². The van der Waals surface area contributed by atoms with Gasteiger partial charge in [0.15, 0.2) is 15.6 Å². The van der Waals surface area contributed by atoms with Crippen LogP contribution in [0, 0.1) is 5.41 Å². The van der Waals surface area contributed by atoms with E-state index in [1.807, 2.05) is 20.8 Å². The normalized spacial score (nSPS) is 12.2. The van der Waals surface area contributed by atoms with Crippen molar-refractivity contribution in [3.05, 3.63) is 24.3 Å². The fourth-order valence-corrected chi connectivity index (χ4v) is 1.78. The second-order valence-corrected chi connectivity index (χ2v) is 7.22. The molecule has 0 radical (unpaired) electrons. The molecule has 0 bridgehead atoms. The van der Waals surface area contributed by atoms with E-state index in [1.54, 1.807) is 12.1 Å². The predicted octanol–water partition coefficient (Wildman–Crippen LogP) is 2.08. The number of rotatable bonds is 4. The van der Waals surface area contributed by atoms with Gasteiger partial charge in [0.05, 0.1) is 4.90 Å². The van der Waals surface area contributed by atoms with E-state index in [0.29, 0.717) is 5.75 Å². The molecule has 100 valence electrons. The maximum absolute atomic E-state index is 11.6. The Hall–Kier alpha value is -1.36. The van der Waals surface area contributed by atoms with Crippen LogP contribution in [0.5, 0.6) is 5.75 Å². The molecule has 1 aromatic carbocycles. The van der Waals surface area contributed by atoms with Crippen LogP contribution in [0.3, 0.4) is 0 Å². The lowest BCUT2D eigenvalue weighted by Crippen LogP contribution is -2.26. The van der Waals surface area contributed by atoms with Gasteiger partial charge in [0, 0.05) is 11.7 Å². The summed E-state index contributed by atoms with van der Waals surface area (Å²) in [5.41, 5.74) is -0.438. The number of sulfone groups is 1. The van der Waals surface area contributed by atoms with Crippen LogP contribution in [0.15, 0.2) is 29.2 Å². The zero-order valence-corrected chi connectivity index (χ0v) is 11.9. The highest BCUT2D eigenvalue weighted by Gasteiger charge is 2.21. The number of carbonyl (C=O) groups excluding carboxylic acids is 1. The van der Waals surface area contributed by atoms with Crippen LogP contribution in [-0.2, 0) is 14.6 Å². The summed E-state index contributed by atoms with van der Waals surface area (Å²) >= 11 is 0. The van der Waals surface area contributed by atoms with E-state index in [0.717, 1.165) is 6.26 Å². The number of Topliss-reactive ketones (excluding diaryl/α,β-unsaturated/α-hetero) is 1. The van der Waals surface area contributed by atoms with Crippen LogP contribution in [0.1, 0.15) is 20.8 Å². The monoisotopic (exact) mass is 270 g/mol. The zero-order valence-electron chi connectivity index (χ0n) is 11.1. The number of hydrogen-bond donors (Lipinski definition) is 0. The number of ether oxygens (including phenoxy) is 1. The molecule has 0 heterocycles. The van der Waals surface area contributed by atoms with Gasteiger partial charge in [0.1, 0.15) is 12.4 Å². The Bertz CT molecular complexity index is 521. The van der Waals surface area contributed by atoms with Crippen molar-refractivity contribution in [2.24, 2.45) is 5.41 Å². The third-order valence-electron chi connectivity index (χ3n) is 2.46. The molecule has 1 rings (SSSR count). The number of ketones is 1. The fraction of sp³-hybridized carbons (Fsp3) is 0.462. The van der Waals surface area contributed by atoms with Crippen LogP contribution in [0.25, 0.3) is 0 Å². The molecule has 0 aliphatic heterocycles.